The van der Waals surface area contributed by atoms with Gasteiger partial charge in [-0.05, 0) is 43.4 Å². The van der Waals surface area contributed by atoms with Gasteiger partial charge in [0.15, 0.2) is 0 Å². The standard InChI is InChI=1S/C17H30N2/c1-13(2)16-10-9-14(3)11-17(16,12-18)19-15-7-5-4-6-8-15/h13-16,19H,4-11H2,1-3H3. The zero-order valence-corrected chi connectivity index (χ0v) is 12.9. The first-order valence-electron chi connectivity index (χ1n) is 8.26. The molecule has 0 bridgehead atoms. The van der Waals surface area contributed by atoms with Gasteiger partial charge in [-0.25, -0.2) is 0 Å². The molecule has 2 nitrogen and oxygen atoms in total. The fourth-order valence-electron chi connectivity index (χ4n) is 4.35. The SMILES string of the molecule is CC1CCC(C(C)C)C(C#N)(NC2CCCCC2)C1. The van der Waals surface area contributed by atoms with Crippen molar-refractivity contribution in [3.8, 4) is 6.07 Å². The Morgan fingerprint density at radius 3 is 2.37 bits per heavy atom. The molecule has 3 atom stereocenters. The molecule has 0 spiro atoms. The van der Waals surface area contributed by atoms with Gasteiger partial charge in [0.25, 0.3) is 0 Å². The fourth-order valence-corrected chi connectivity index (χ4v) is 4.35. The summed E-state index contributed by atoms with van der Waals surface area (Å²) in [6, 6.07) is 3.30. The highest BCUT2D eigenvalue weighted by Gasteiger charge is 2.45. The van der Waals surface area contributed by atoms with Crippen LogP contribution in [-0.4, -0.2) is 11.6 Å². The monoisotopic (exact) mass is 262 g/mol. The molecule has 2 rings (SSSR count). The molecule has 0 aromatic heterocycles. The van der Waals surface area contributed by atoms with Crippen molar-refractivity contribution in [2.24, 2.45) is 17.8 Å². The van der Waals surface area contributed by atoms with Gasteiger partial charge < -0.3 is 0 Å². The average molecular weight is 262 g/mol. The van der Waals surface area contributed by atoms with E-state index in [9.17, 15) is 5.26 Å². The van der Waals surface area contributed by atoms with Gasteiger partial charge in [-0.15, -0.1) is 0 Å². The van der Waals surface area contributed by atoms with Crippen molar-refractivity contribution < 1.29 is 0 Å². The maximum atomic E-state index is 9.90. The molecule has 108 valence electrons. The molecule has 0 saturated heterocycles. The van der Waals surface area contributed by atoms with Crippen LogP contribution in [0.4, 0.5) is 0 Å². The first-order chi connectivity index (χ1) is 9.07. The Labute approximate surface area is 119 Å². The molecule has 0 aliphatic heterocycles. The summed E-state index contributed by atoms with van der Waals surface area (Å²) in [4.78, 5) is 0. The number of hydrogen-bond donors (Lipinski definition) is 1. The zero-order chi connectivity index (χ0) is 13.9. The van der Waals surface area contributed by atoms with E-state index >= 15 is 0 Å². The molecular formula is C17H30N2. The first kappa shape index (κ1) is 14.9. The Bertz CT molecular complexity index is 325. The quantitative estimate of drug-likeness (QED) is 0.824. The van der Waals surface area contributed by atoms with Gasteiger partial charge in [-0.1, -0.05) is 46.5 Å². The third-order valence-corrected chi connectivity index (χ3v) is 5.34. The summed E-state index contributed by atoms with van der Waals surface area (Å²) in [7, 11) is 0. The van der Waals surface area contributed by atoms with Crippen LogP contribution in [0, 0.1) is 29.1 Å². The van der Waals surface area contributed by atoms with Crippen LogP contribution in [0.1, 0.15) is 72.1 Å². The maximum Gasteiger partial charge on any atom is 0.110 e. The van der Waals surface area contributed by atoms with Crippen molar-refractivity contribution in [1.29, 1.82) is 5.26 Å². The van der Waals surface area contributed by atoms with E-state index in [-0.39, 0.29) is 5.54 Å². The second-order valence-corrected chi connectivity index (χ2v) is 7.30. The molecule has 2 aliphatic rings. The van der Waals surface area contributed by atoms with Crippen LogP contribution in [0.15, 0.2) is 0 Å². The van der Waals surface area contributed by atoms with E-state index in [2.05, 4.69) is 32.2 Å². The van der Waals surface area contributed by atoms with Crippen LogP contribution in [-0.2, 0) is 0 Å². The highest BCUT2D eigenvalue weighted by molar-refractivity contribution is 5.15. The molecule has 0 aromatic rings. The number of nitrogens with one attached hydrogen (secondary N) is 1. The van der Waals surface area contributed by atoms with Gasteiger partial charge >= 0.3 is 0 Å². The van der Waals surface area contributed by atoms with E-state index in [4.69, 9.17) is 0 Å². The Kier molecular flexibility index (Phi) is 4.90. The topological polar surface area (TPSA) is 35.8 Å². The molecule has 0 amide bonds. The van der Waals surface area contributed by atoms with Crippen LogP contribution in [0.25, 0.3) is 0 Å². The summed E-state index contributed by atoms with van der Waals surface area (Å²) in [5, 5.41) is 13.7. The largest absolute Gasteiger partial charge is 0.296 e. The second kappa shape index (κ2) is 6.27. The molecule has 2 aliphatic carbocycles. The molecular weight excluding hydrogens is 232 g/mol. The minimum atomic E-state index is -0.256. The Morgan fingerprint density at radius 2 is 1.79 bits per heavy atom. The smallest absolute Gasteiger partial charge is 0.110 e. The van der Waals surface area contributed by atoms with Gasteiger partial charge in [0.1, 0.15) is 5.54 Å². The minimum absolute atomic E-state index is 0.256. The molecule has 0 aromatic carbocycles. The minimum Gasteiger partial charge on any atom is -0.296 e. The average Bonchev–Trinajstić information content (AvgIpc) is 2.39. The van der Waals surface area contributed by atoms with Crippen molar-refractivity contribution in [3.63, 3.8) is 0 Å². The Balaban J connectivity index is 2.13. The molecule has 2 heteroatoms. The number of nitrogens with zero attached hydrogens (tertiary/aromatic N) is 1. The van der Waals surface area contributed by atoms with E-state index in [1.807, 2.05) is 0 Å². The molecule has 2 saturated carbocycles. The fraction of sp³-hybridized carbons (Fsp3) is 0.941. The summed E-state index contributed by atoms with van der Waals surface area (Å²) in [6.45, 7) is 6.88. The van der Waals surface area contributed by atoms with Gasteiger partial charge in [-0.3, -0.25) is 5.32 Å². The molecule has 0 radical (unpaired) electrons. The van der Waals surface area contributed by atoms with Crippen molar-refractivity contribution in [2.45, 2.75) is 83.7 Å². The van der Waals surface area contributed by atoms with E-state index < -0.39 is 0 Å². The highest BCUT2D eigenvalue weighted by atomic mass is 15.0. The summed E-state index contributed by atoms with van der Waals surface area (Å²) in [6.07, 6.45) is 10.1. The lowest BCUT2D eigenvalue weighted by atomic mass is 9.65. The summed E-state index contributed by atoms with van der Waals surface area (Å²) >= 11 is 0. The van der Waals surface area contributed by atoms with Gasteiger partial charge in [0, 0.05) is 6.04 Å². The lowest BCUT2D eigenvalue weighted by molar-refractivity contribution is 0.100. The second-order valence-electron chi connectivity index (χ2n) is 7.30. The van der Waals surface area contributed by atoms with Crippen molar-refractivity contribution in [3.05, 3.63) is 0 Å². The molecule has 1 N–H and O–H groups in total. The Hall–Kier alpha value is -0.550. The molecule has 2 fully saturated rings. The third kappa shape index (κ3) is 3.31. The van der Waals surface area contributed by atoms with Crippen LogP contribution in [0.5, 0.6) is 0 Å². The predicted molar refractivity (Wildman–Crippen MR) is 79.7 cm³/mol. The van der Waals surface area contributed by atoms with E-state index in [0.717, 1.165) is 6.42 Å². The number of nitriles is 1. The van der Waals surface area contributed by atoms with Crippen molar-refractivity contribution in [2.75, 3.05) is 0 Å². The van der Waals surface area contributed by atoms with E-state index in [1.165, 1.54) is 44.9 Å². The number of rotatable bonds is 3. The zero-order valence-electron chi connectivity index (χ0n) is 12.9. The summed E-state index contributed by atoms with van der Waals surface area (Å²) in [5.74, 6) is 1.81. The molecule has 0 heterocycles. The number of hydrogen-bond acceptors (Lipinski definition) is 2. The van der Waals surface area contributed by atoms with Crippen LogP contribution >= 0.6 is 0 Å². The van der Waals surface area contributed by atoms with Gasteiger partial charge in [0.2, 0.25) is 0 Å². The van der Waals surface area contributed by atoms with Gasteiger partial charge in [-0.2, -0.15) is 5.26 Å². The van der Waals surface area contributed by atoms with Gasteiger partial charge in [0.05, 0.1) is 6.07 Å². The first-order valence-corrected chi connectivity index (χ1v) is 8.26. The summed E-state index contributed by atoms with van der Waals surface area (Å²) < 4.78 is 0. The summed E-state index contributed by atoms with van der Waals surface area (Å²) in [5.41, 5.74) is -0.256. The Morgan fingerprint density at radius 1 is 1.11 bits per heavy atom. The normalized spacial score (nSPS) is 37.2. The predicted octanol–water partition coefficient (Wildman–Crippen LogP) is 4.26. The van der Waals surface area contributed by atoms with Crippen molar-refractivity contribution in [1.82, 2.24) is 5.32 Å². The van der Waals surface area contributed by atoms with Crippen LogP contribution in [0.3, 0.4) is 0 Å². The lowest BCUT2D eigenvalue weighted by Crippen LogP contribution is -2.58. The molecule has 19 heavy (non-hydrogen) atoms. The van der Waals surface area contributed by atoms with Crippen LogP contribution < -0.4 is 5.32 Å². The molecule has 3 unspecified atom stereocenters. The van der Waals surface area contributed by atoms with E-state index in [0.29, 0.717) is 23.8 Å². The van der Waals surface area contributed by atoms with E-state index in [1.54, 1.807) is 0 Å². The lowest BCUT2D eigenvalue weighted by Gasteiger charge is -2.46. The van der Waals surface area contributed by atoms with Crippen LogP contribution in [0.2, 0.25) is 0 Å². The maximum absolute atomic E-state index is 9.90. The highest BCUT2D eigenvalue weighted by Crippen LogP contribution is 2.41. The third-order valence-electron chi connectivity index (χ3n) is 5.34. The van der Waals surface area contributed by atoms with Crippen molar-refractivity contribution >= 4 is 0 Å².